The minimum absolute atomic E-state index is 0.000734. The minimum atomic E-state index is -0.582. The Morgan fingerprint density at radius 1 is 1.28 bits per heavy atom. The molecular weight excluding hydrogens is 437 g/mol. The van der Waals surface area contributed by atoms with Crippen molar-refractivity contribution in [3.63, 3.8) is 0 Å². The van der Waals surface area contributed by atoms with E-state index in [9.17, 15) is 9.18 Å². The summed E-state index contributed by atoms with van der Waals surface area (Å²) in [5.41, 5.74) is 1.21. The van der Waals surface area contributed by atoms with Crippen molar-refractivity contribution in [3.05, 3.63) is 47.5 Å². The number of anilines is 3. The van der Waals surface area contributed by atoms with E-state index in [-0.39, 0.29) is 22.7 Å². The largest absolute Gasteiger partial charge is 0.489 e. The molecule has 10 heteroatoms. The highest BCUT2D eigenvalue weighted by atomic mass is 35.5. The maximum atomic E-state index is 14.4. The first-order chi connectivity index (χ1) is 15.6. The van der Waals surface area contributed by atoms with E-state index in [4.69, 9.17) is 21.1 Å². The molecule has 1 aromatic heterocycles. The molecule has 1 amide bonds. The number of carbonyl (C=O) groups is 1. The van der Waals surface area contributed by atoms with Crippen LogP contribution in [0.5, 0.6) is 5.75 Å². The maximum Gasteiger partial charge on any atom is 0.241 e. The average Bonchev–Trinajstić information content (AvgIpc) is 3.33. The summed E-state index contributed by atoms with van der Waals surface area (Å²) in [6.45, 7) is 1.50. The molecule has 2 heterocycles. The van der Waals surface area contributed by atoms with Gasteiger partial charge in [0.1, 0.15) is 24.5 Å². The summed E-state index contributed by atoms with van der Waals surface area (Å²) in [6.07, 6.45) is 3.08. The van der Waals surface area contributed by atoms with Crippen molar-refractivity contribution < 1.29 is 18.7 Å². The van der Waals surface area contributed by atoms with Gasteiger partial charge in [0.2, 0.25) is 5.91 Å². The molecule has 1 aliphatic heterocycles. The van der Waals surface area contributed by atoms with E-state index in [1.807, 2.05) is 0 Å². The van der Waals surface area contributed by atoms with Crippen LogP contribution >= 0.6 is 11.6 Å². The van der Waals surface area contributed by atoms with Crippen LogP contribution in [0.2, 0.25) is 5.02 Å². The molecule has 0 saturated carbocycles. The van der Waals surface area contributed by atoms with E-state index in [1.54, 1.807) is 31.4 Å². The van der Waals surface area contributed by atoms with Crippen molar-refractivity contribution in [2.24, 2.45) is 0 Å². The summed E-state index contributed by atoms with van der Waals surface area (Å²) in [7, 11) is 1.58. The number of nitrogens with one attached hydrogen (secondary N) is 3. The van der Waals surface area contributed by atoms with Gasteiger partial charge < -0.3 is 25.4 Å². The Bertz CT molecular complexity index is 1120. The van der Waals surface area contributed by atoms with Gasteiger partial charge in [-0.15, -0.1) is 0 Å². The summed E-state index contributed by atoms with van der Waals surface area (Å²) >= 11 is 5.90. The molecule has 0 spiro atoms. The van der Waals surface area contributed by atoms with Gasteiger partial charge in [-0.3, -0.25) is 4.79 Å². The summed E-state index contributed by atoms with van der Waals surface area (Å²) in [5, 5.41) is 9.66. The number of rotatable bonds is 8. The second kappa shape index (κ2) is 10.1. The molecule has 2 aromatic carbocycles. The van der Waals surface area contributed by atoms with Gasteiger partial charge in [-0.05, 0) is 37.6 Å². The third-order valence-corrected chi connectivity index (χ3v) is 5.41. The van der Waals surface area contributed by atoms with Crippen LogP contribution in [-0.2, 0) is 9.53 Å². The molecular formula is C22H23ClFN5O3. The number of carbonyl (C=O) groups excluding carboxylic acids is 1. The normalized spacial score (nSPS) is 15.7. The molecule has 32 heavy (non-hydrogen) atoms. The highest BCUT2D eigenvalue weighted by Crippen LogP contribution is 2.34. The molecule has 0 aliphatic carbocycles. The molecule has 1 saturated heterocycles. The van der Waals surface area contributed by atoms with Crippen LogP contribution in [0.4, 0.5) is 21.6 Å². The zero-order valence-electron chi connectivity index (χ0n) is 17.5. The fourth-order valence-electron chi connectivity index (χ4n) is 3.49. The summed E-state index contributed by atoms with van der Waals surface area (Å²) in [4.78, 5) is 21.3. The van der Waals surface area contributed by atoms with E-state index in [1.165, 1.54) is 12.4 Å². The van der Waals surface area contributed by atoms with Crippen molar-refractivity contribution in [2.75, 3.05) is 37.5 Å². The van der Waals surface area contributed by atoms with Crippen LogP contribution < -0.4 is 20.7 Å². The Morgan fingerprint density at radius 2 is 2.16 bits per heavy atom. The third kappa shape index (κ3) is 4.90. The number of hydrogen-bond acceptors (Lipinski definition) is 7. The minimum Gasteiger partial charge on any atom is -0.489 e. The van der Waals surface area contributed by atoms with Gasteiger partial charge in [-0.25, -0.2) is 14.4 Å². The quantitative estimate of drug-likeness (QED) is 0.440. The lowest BCUT2D eigenvalue weighted by Crippen LogP contribution is -2.35. The number of aromatic nitrogens is 2. The van der Waals surface area contributed by atoms with Crippen LogP contribution in [0.25, 0.3) is 10.9 Å². The highest BCUT2D eigenvalue weighted by molar-refractivity contribution is 6.31. The smallest absolute Gasteiger partial charge is 0.241 e. The van der Waals surface area contributed by atoms with Gasteiger partial charge in [0.05, 0.1) is 34.6 Å². The molecule has 1 aliphatic rings. The predicted molar refractivity (Wildman–Crippen MR) is 121 cm³/mol. The summed E-state index contributed by atoms with van der Waals surface area (Å²) in [5.74, 6) is 0.0977. The lowest BCUT2D eigenvalue weighted by molar-refractivity contribution is -0.117. The van der Waals surface area contributed by atoms with Crippen LogP contribution in [0.15, 0.2) is 36.7 Å². The number of halogens is 2. The third-order valence-electron chi connectivity index (χ3n) is 5.12. The number of amides is 1. The van der Waals surface area contributed by atoms with Crippen LogP contribution in [0.3, 0.4) is 0 Å². The van der Waals surface area contributed by atoms with Gasteiger partial charge in [0.15, 0.2) is 5.82 Å². The number of ether oxygens (including phenoxy) is 2. The summed E-state index contributed by atoms with van der Waals surface area (Å²) in [6, 6.07) is 7.83. The number of benzene rings is 2. The lowest BCUT2D eigenvalue weighted by atomic mass is 10.1. The molecule has 1 atom stereocenters. The topological polar surface area (TPSA) is 97.4 Å². The van der Waals surface area contributed by atoms with E-state index in [0.717, 1.165) is 19.4 Å². The highest BCUT2D eigenvalue weighted by Gasteiger charge is 2.23. The van der Waals surface area contributed by atoms with Gasteiger partial charge in [0, 0.05) is 18.6 Å². The van der Waals surface area contributed by atoms with Crippen molar-refractivity contribution in [1.29, 1.82) is 0 Å². The van der Waals surface area contributed by atoms with Crippen LogP contribution in [0.1, 0.15) is 12.8 Å². The number of methoxy groups -OCH3 is 1. The van der Waals surface area contributed by atoms with Crippen molar-refractivity contribution in [3.8, 4) is 5.75 Å². The van der Waals surface area contributed by atoms with Crippen molar-refractivity contribution >= 4 is 45.6 Å². The monoisotopic (exact) mass is 459 g/mol. The SMILES string of the molecule is COCCOc1cc2ncnc(Nc3cccc(Cl)c3F)c2cc1NC(=O)[C@@H]1CCCN1. The van der Waals surface area contributed by atoms with Crippen LogP contribution in [0, 0.1) is 5.82 Å². The molecule has 0 unspecified atom stereocenters. The Balaban J connectivity index is 1.71. The zero-order chi connectivity index (χ0) is 22.5. The molecule has 168 valence electrons. The van der Waals surface area contributed by atoms with E-state index >= 15 is 0 Å². The fraction of sp³-hybridized carbons (Fsp3) is 0.318. The predicted octanol–water partition coefficient (Wildman–Crippen LogP) is 3.88. The number of nitrogens with zero attached hydrogens (tertiary/aromatic N) is 2. The van der Waals surface area contributed by atoms with Gasteiger partial charge in [0.25, 0.3) is 0 Å². The number of hydrogen-bond donors (Lipinski definition) is 3. The van der Waals surface area contributed by atoms with Gasteiger partial charge in [-0.1, -0.05) is 17.7 Å². The Morgan fingerprint density at radius 3 is 2.94 bits per heavy atom. The van der Waals surface area contributed by atoms with Gasteiger partial charge in [-0.2, -0.15) is 0 Å². The van der Waals surface area contributed by atoms with Crippen LogP contribution in [-0.4, -0.2) is 48.8 Å². The molecule has 0 bridgehead atoms. The molecule has 3 N–H and O–H groups in total. The zero-order valence-corrected chi connectivity index (χ0v) is 18.2. The number of fused-ring (bicyclic) bond motifs is 1. The molecule has 1 fully saturated rings. The van der Waals surface area contributed by atoms with E-state index < -0.39 is 5.82 Å². The van der Waals surface area contributed by atoms with Crippen molar-refractivity contribution in [2.45, 2.75) is 18.9 Å². The first-order valence-corrected chi connectivity index (χ1v) is 10.6. The molecule has 3 aromatic rings. The lowest BCUT2D eigenvalue weighted by Gasteiger charge is -2.17. The average molecular weight is 460 g/mol. The fourth-order valence-corrected chi connectivity index (χ4v) is 3.67. The standard InChI is InChI=1S/C22H23ClFN5O3/c1-31-8-9-32-19-11-17-13(10-18(19)29-22(30)16-6-3-7-25-16)21(27-12-26-17)28-15-5-2-4-14(23)20(15)24/h2,4-5,10-12,16,25H,3,6-9H2,1H3,(H,29,30)(H,26,27,28)/t16-/m0/s1. The van der Waals surface area contributed by atoms with Crippen molar-refractivity contribution in [1.82, 2.24) is 15.3 Å². The Hall–Kier alpha value is -3.01. The van der Waals surface area contributed by atoms with E-state index in [2.05, 4.69) is 25.9 Å². The van der Waals surface area contributed by atoms with E-state index in [0.29, 0.717) is 41.4 Å². The first kappa shape index (κ1) is 22.2. The summed E-state index contributed by atoms with van der Waals surface area (Å²) < 4.78 is 25.3. The molecule has 0 radical (unpaired) electrons. The first-order valence-electron chi connectivity index (χ1n) is 10.2. The second-order valence-electron chi connectivity index (χ2n) is 7.29. The second-order valence-corrected chi connectivity index (χ2v) is 7.70. The Kier molecular flexibility index (Phi) is 6.99. The molecule has 4 rings (SSSR count). The maximum absolute atomic E-state index is 14.4. The molecule has 8 nitrogen and oxygen atoms in total. The van der Waals surface area contributed by atoms with Gasteiger partial charge >= 0.3 is 0 Å². The Labute approximate surface area is 189 Å².